The van der Waals surface area contributed by atoms with Crippen molar-refractivity contribution in [3.8, 4) is 0 Å². The average Bonchev–Trinajstić information content (AvgIpc) is 3.40. The summed E-state index contributed by atoms with van der Waals surface area (Å²) in [5, 5.41) is 3.69. The first kappa shape index (κ1) is 20.8. The number of hydrogen-bond donors (Lipinski definition) is 3. The van der Waals surface area contributed by atoms with E-state index in [9.17, 15) is 4.79 Å². The number of carbonyl (C=O) groups is 1. The molecule has 2 saturated heterocycles. The number of nitrogen functional groups attached to an aromatic ring is 1. The van der Waals surface area contributed by atoms with Crippen LogP contribution in [0, 0.1) is 5.92 Å². The number of rotatable bonds is 4. The van der Waals surface area contributed by atoms with E-state index in [1.807, 2.05) is 24.3 Å². The molecule has 5 N–H and O–H groups in total. The Hall–Kier alpha value is -3.10. The van der Waals surface area contributed by atoms with E-state index < -0.39 is 0 Å². The van der Waals surface area contributed by atoms with Crippen molar-refractivity contribution in [3.05, 3.63) is 47.8 Å². The molecular weight excluding hydrogens is 406 g/mol. The highest BCUT2D eigenvalue weighted by Gasteiger charge is 2.26. The second-order valence-corrected chi connectivity index (χ2v) is 9.01. The van der Waals surface area contributed by atoms with Gasteiger partial charge in [-0.1, -0.05) is 13.0 Å². The molecular formula is C24H29N5O3. The lowest BCUT2D eigenvalue weighted by Crippen LogP contribution is -2.46. The highest BCUT2D eigenvalue weighted by Crippen LogP contribution is 2.34. The van der Waals surface area contributed by atoms with E-state index >= 15 is 0 Å². The van der Waals surface area contributed by atoms with Gasteiger partial charge in [-0.25, -0.2) is 0 Å². The van der Waals surface area contributed by atoms with Crippen molar-refractivity contribution in [1.82, 2.24) is 4.98 Å². The molecule has 8 heteroatoms. The van der Waals surface area contributed by atoms with Gasteiger partial charge in [-0.05, 0) is 42.5 Å². The van der Waals surface area contributed by atoms with Crippen LogP contribution in [0.3, 0.4) is 0 Å². The Morgan fingerprint density at radius 2 is 2.16 bits per heavy atom. The zero-order chi connectivity index (χ0) is 22.2. The summed E-state index contributed by atoms with van der Waals surface area (Å²) < 4.78 is 11.3. The summed E-state index contributed by atoms with van der Waals surface area (Å²) in [6.45, 7) is 5.28. The zero-order valence-corrected chi connectivity index (χ0v) is 18.2. The summed E-state index contributed by atoms with van der Waals surface area (Å²) in [6, 6.07) is 7.91. The van der Waals surface area contributed by atoms with Gasteiger partial charge < -0.3 is 30.8 Å². The number of ether oxygens (including phenoxy) is 1. The van der Waals surface area contributed by atoms with E-state index in [0.717, 1.165) is 43.8 Å². The standard InChI is InChI=1S/C24H29N5O3/c1-14-8-17(25)12-29(11-14)20-4-6-27-10-19(20)28-24(30)22-18-3-2-15(16-5-7-31-13-16)9-21(18)32-23(22)26/h2-4,6,9-10,14,16-17H,5,7-8,11-13,25-26H2,1H3,(H,28,30)/t14-,16?,17+/m1/s1. The Kier molecular flexibility index (Phi) is 5.48. The maximum atomic E-state index is 13.3. The minimum Gasteiger partial charge on any atom is -0.440 e. The number of aromatic nitrogens is 1. The number of fused-ring (bicyclic) bond motifs is 1. The van der Waals surface area contributed by atoms with Crippen LogP contribution in [-0.4, -0.2) is 43.2 Å². The molecule has 32 heavy (non-hydrogen) atoms. The van der Waals surface area contributed by atoms with E-state index in [0.29, 0.717) is 40.7 Å². The summed E-state index contributed by atoms with van der Waals surface area (Å²) in [4.78, 5) is 19.7. The summed E-state index contributed by atoms with van der Waals surface area (Å²) in [5.41, 5.74) is 16.0. The van der Waals surface area contributed by atoms with Crippen molar-refractivity contribution < 1.29 is 13.9 Å². The minimum atomic E-state index is -0.318. The first-order valence-electron chi connectivity index (χ1n) is 11.1. The molecule has 8 nitrogen and oxygen atoms in total. The van der Waals surface area contributed by atoms with Crippen LogP contribution in [-0.2, 0) is 4.74 Å². The zero-order valence-electron chi connectivity index (χ0n) is 18.2. The molecule has 2 aromatic heterocycles. The molecule has 0 spiro atoms. The maximum Gasteiger partial charge on any atom is 0.261 e. The van der Waals surface area contributed by atoms with Crippen LogP contribution < -0.4 is 21.7 Å². The van der Waals surface area contributed by atoms with Crippen molar-refractivity contribution in [2.75, 3.05) is 42.3 Å². The van der Waals surface area contributed by atoms with Crippen LogP contribution in [0.1, 0.15) is 41.6 Å². The van der Waals surface area contributed by atoms with E-state index in [2.05, 4.69) is 22.1 Å². The van der Waals surface area contributed by atoms with Gasteiger partial charge in [0.25, 0.3) is 5.91 Å². The summed E-state index contributed by atoms with van der Waals surface area (Å²) in [5.74, 6) is 0.612. The quantitative estimate of drug-likeness (QED) is 0.575. The maximum absolute atomic E-state index is 13.3. The molecule has 0 aliphatic carbocycles. The fourth-order valence-corrected chi connectivity index (χ4v) is 4.96. The Labute approximate surface area is 186 Å². The lowest BCUT2D eigenvalue weighted by atomic mass is 9.96. The third-order valence-electron chi connectivity index (χ3n) is 6.45. The number of nitrogens with two attached hydrogens (primary N) is 2. The number of piperidine rings is 1. The third kappa shape index (κ3) is 3.91. The van der Waals surface area contributed by atoms with Crippen molar-refractivity contribution >= 4 is 34.1 Å². The van der Waals surface area contributed by atoms with Crippen molar-refractivity contribution in [3.63, 3.8) is 0 Å². The number of amides is 1. The fraction of sp³-hybridized carbons (Fsp3) is 0.417. The molecule has 0 radical (unpaired) electrons. The van der Waals surface area contributed by atoms with Gasteiger partial charge in [-0.3, -0.25) is 9.78 Å². The highest BCUT2D eigenvalue weighted by atomic mass is 16.5. The number of nitrogens with zero attached hydrogens (tertiary/aromatic N) is 2. The molecule has 2 aliphatic rings. The number of furan rings is 1. The lowest BCUT2D eigenvalue weighted by Gasteiger charge is -2.37. The Morgan fingerprint density at radius 3 is 2.94 bits per heavy atom. The second kappa shape index (κ2) is 8.44. The van der Waals surface area contributed by atoms with E-state index in [1.54, 1.807) is 12.4 Å². The molecule has 2 aliphatic heterocycles. The molecule has 1 aromatic carbocycles. The highest BCUT2D eigenvalue weighted by molar-refractivity contribution is 6.16. The number of benzene rings is 1. The van der Waals surface area contributed by atoms with Crippen LogP contribution in [0.4, 0.5) is 17.3 Å². The first-order chi connectivity index (χ1) is 15.5. The Balaban J connectivity index is 1.43. The third-order valence-corrected chi connectivity index (χ3v) is 6.45. The van der Waals surface area contributed by atoms with E-state index in [4.69, 9.17) is 20.6 Å². The van der Waals surface area contributed by atoms with Crippen molar-refractivity contribution in [2.45, 2.75) is 31.7 Å². The lowest BCUT2D eigenvalue weighted by molar-refractivity contribution is 0.102. The van der Waals surface area contributed by atoms with Gasteiger partial charge in [0.15, 0.2) is 0 Å². The normalized spacial score (nSPS) is 23.6. The van der Waals surface area contributed by atoms with Crippen molar-refractivity contribution in [1.29, 1.82) is 0 Å². The van der Waals surface area contributed by atoms with Gasteiger partial charge in [-0.2, -0.15) is 0 Å². The van der Waals surface area contributed by atoms with Crippen LogP contribution in [0.2, 0.25) is 0 Å². The molecule has 3 atom stereocenters. The van der Waals surface area contributed by atoms with Gasteiger partial charge in [0.05, 0.1) is 24.2 Å². The fourth-order valence-electron chi connectivity index (χ4n) is 4.96. The summed E-state index contributed by atoms with van der Waals surface area (Å²) >= 11 is 0. The average molecular weight is 436 g/mol. The number of pyridine rings is 1. The summed E-state index contributed by atoms with van der Waals surface area (Å²) in [7, 11) is 0. The Morgan fingerprint density at radius 1 is 1.28 bits per heavy atom. The largest absolute Gasteiger partial charge is 0.440 e. The SMILES string of the molecule is C[C@@H]1C[C@H](N)CN(c2ccncc2NC(=O)c2c(N)oc3cc(C4CCOC4)ccc23)C1. The second-order valence-electron chi connectivity index (χ2n) is 9.01. The van der Waals surface area contributed by atoms with Gasteiger partial charge in [0.2, 0.25) is 5.88 Å². The van der Waals surface area contributed by atoms with Gasteiger partial charge in [-0.15, -0.1) is 0 Å². The molecule has 168 valence electrons. The number of anilines is 3. The van der Waals surface area contributed by atoms with E-state index in [1.165, 1.54) is 0 Å². The number of nitrogens with one attached hydrogen (secondary N) is 1. The van der Waals surface area contributed by atoms with Crippen LogP contribution in [0.25, 0.3) is 11.0 Å². The first-order valence-corrected chi connectivity index (χ1v) is 11.1. The molecule has 3 aromatic rings. The molecule has 1 unspecified atom stereocenters. The van der Waals surface area contributed by atoms with Crippen LogP contribution in [0.5, 0.6) is 0 Å². The summed E-state index contributed by atoms with van der Waals surface area (Å²) in [6.07, 6.45) is 5.37. The molecule has 0 saturated carbocycles. The van der Waals surface area contributed by atoms with Crippen LogP contribution in [0.15, 0.2) is 41.1 Å². The Bertz CT molecular complexity index is 1130. The predicted molar refractivity (Wildman–Crippen MR) is 125 cm³/mol. The van der Waals surface area contributed by atoms with Crippen molar-refractivity contribution in [2.24, 2.45) is 11.7 Å². The number of hydrogen-bond acceptors (Lipinski definition) is 7. The van der Waals surface area contributed by atoms with E-state index in [-0.39, 0.29) is 17.8 Å². The molecule has 4 heterocycles. The molecule has 0 bridgehead atoms. The van der Waals surface area contributed by atoms with Gasteiger partial charge in [0.1, 0.15) is 11.1 Å². The topological polar surface area (TPSA) is 120 Å². The number of carbonyl (C=O) groups excluding carboxylic acids is 1. The van der Waals surface area contributed by atoms with Gasteiger partial charge in [0, 0.05) is 43.2 Å². The molecule has 5 rings (SSSR count). The predicted octanol–water partition coefficient (Wildman–Crippen LogP) is 3.34. The molecule has 2 fully saturated rings. The van der Waals surface area contributed by atoms with Crippen LogP contribution >= 0.6 is 0 Å². The smallest absolute Gasteiger partial charge is 0.261 e. The van der Waals surface area contributed by atoms with Gasteiger partial charge >= 0.3 is 0 Å². The monoisotopic (exact) mass is 435 g/mol. The minimum absolute atomic E-state index is 0.100. The molecule has 1 amide bonds.